The lowest BCUT2D eigenvalue weighted by atomic mass is 10.2. The molecule has 0 aliphatic rings. The minimum atomic E-state index is 0.0183. The zero-order valence-electron chi connectivity index (χ0n) is 10.1. The number of aryl methyl sites for hydroxylation is 1. The molecule has 2 aromatic rings. The predicted molar refractivity (Wildman–Crippen MR) is 79.0 cm³/mol. The van der Waals surface area contributed by atoms with Crippen LogP contribution in [-0.4, -0.2) is 5.91 Å². The average Bonchev–Trinajstić information content (AvgIpc) is 2.86. The van der Waals surface area contributed by atoms with E-state index in [0.717, 1.165) is 26.9 Å². The minimum Gasteiger partial charge on any atom is -0.347 e. The summed E-state index contributed by atoms with van der Waals surface area (Å²) in [5, 5.41) is 4.92. The Hall–Kier alpha value is -1.13. The van der Waals surface area contributed by atoms with E-state index in [9.17, 15) is 4.79 Å². The fourth-order valence-corrected chi connectivity index (χ4v) is 2.85. The Labute approximate surface area is 119 Å². The van der Waals surface area contributed by atoms with Crippen LogP contribution in [0.4, 0.5) is 0 Å². The molecule has 4 heteroatoms. The van der Waals surface area contributed by atoms with E-state index in [0.29, 0.717) is 6.54 Å². The molecular formula is C14H14BrNOS. The Morgan fingerprint density at radius 3 is 2.67 bits per heavy atom. The van der Waals surface area contributed by atoms with Gasteiger partial charge in [0.1, 0.15) is 0 Å². The molecule has 1 aromatic carbocycles. The van der Waals surface area contributed by atoms with Gasteiger partial charge in [0.2, 0.25) is 0 Å². The van der Waals surface area contributed by atoms with Gasteiger partial charge >= 0.3 is 0 Å². The summed E-state index contributed by atoms with van der Waals surface area (Å²) in [6.07, 6.45) is 0.893. The number of hydrogen-bond donors (Lipinski definition) is 1. The Bertz CT molecular complexity index is 533. The highest BCUT2D eigenvalue weighted by molar-refractivity contribution is 9.10. The lowest BCUT2D eigenvalue weighted by molar-refractivity contribution is 0.0954. The summed E-state index contributed by atoms with van der Waals surface area (Å²) >= 11 is 4.89. The van der Waals surface area contributed by atoms with Crippen LogP contribution in [-0.2, 0) is 13.0 Å². The SMILES string of the molecule is CCc1ccsc1C(=O)NCc1ccc(Br)cc1. The first-order chi connectivity index (χ1) is 8.70. The number of carbonyl (C=O) groups is 1. The first kappa shape index (κ1) is 13.3. The van der Waals surface area contributed by atoms with Gasteiger partial charge in [-0.1, -0.05) is 35.0 Å². The summed E-state index contributed by atoms with van der Waals surface area (Å²) in [5.74, 6) is 0.0183. The standard InChI is InChI=1S/C14H14BrNOS/c1-2-11-7-8-18-13(11)14(17)16-9-10-3-5-12(15)6-4-10/h3-8H,2,9H2,1H3,(H,16,17). The molecule has 1 N–H and O–H groups in total. The summed E-state index contributed by atoms with van der Waals surface area (Å²) in [7, 11) is 0. The second-order valence-electron chi connectivity index (χ2n) is 3.94. The summed E-state index contributed by atoms with van der Waals surface area (Å²) < 4.78 is 1.05. The van der Waals surface area contributed by atoms with Crippen LogP contribution in [0.2, 0.25) is 0 Å². The number of nitrogens with one attached hydrogen (secondary N) is 1. The number of rotatable bonds is 4. The molecule has 0 fully saturated rings. The first-order valence-electron chi connectivity index (χ1n) is 5.79. The van der Waals surface area contributed by atoms with Crippen LogP contribution in [0.25, 0.3) is 0 Å². The molecule has 1 heterocycles. The van der Waals surface area contributed by atoms with Crippen LogP contribution < -0.4 is 5.32 Å². The van der Waals surface area contributed by atoms with Crippen LogP contribution >= 0.6 is 27.3 Å². The molecular weight excluding hydrogens is 310 g/mol. The molecule has 0 atom stereocenters. The Morgan fingerprint density at radius 1 is 1.28 bits per heavy atom. The van der Waals surface area contributed by atoms with Gasteiger partial charge in [0.05, 0.1) is 4.88 Å². The maximum Gasteiger partial charge on any atom is 0.261 e. The van der Waals surface area contributed by atoms with Gasteiger partial charge in [-0.15, -0.1) is 11.3 Å². The van der Waals surface area contributed by atoms with Crippen LogP contribution in [0.1, 0.15) is 27.7 Å². The third-order valence-corrected chi connectivity index (χ3v) is 4.18. The van der Waals surface area contributed by atoms with Crippen molar-refractivity contribution >= 4 is 33.2 Å². The lowest BCUT2D eigenvalue weighted by Crippen LogP contribution is -2.22. The number of thiophene rings is 1. The molecule has 0 bridgehead atoms. The number of halogens is 1. The fourth-order valence-electron chi connectivity index (χ4n) is 1.68. The van der Waals surface area contributed by atoms with Crippen LogP contribution in [0, 0.1) is 0 Å². The number of carbonyl (C=O) groups excluding carboxylic acids is 1. The molecule has 1 amide bonds. The molecule has 2 nitrogen and oxygen atoms in total. The monoisotopic (exact) mass is 323 g/mol. The van der Waals surface area contributed by atoms with E-state index in [1.54, 1.807) is 0 Å². The van der Waals surface area contributed by atoms with Gasteiger partial charge in [-0.25, -0.2) is 0 Å². The molecule has 0 unspecified atom stereocenters. The van der Waals surface area contributed by atoms with Crippen LogP contribution in [0.5, 0.6) is 0 Å². The Morgan fingerprint density at radius 2 is 2.00 bits per heavy atom. The van der Waals surface area contributed by atoms with E-state index in [1.807, 2.05) is 35.7 Å². The quantitative estimate of drug-likeness (QED) is 0.905. The average molecular weight is 324 g/mol. The second-order valence-corrected chi connectivity index (χ2v) is 5.77. The minimum absolute atomic E-state index is 0.0183. The third kappa shape index (κ3) is 3.21. The van der Waals surface area contributed by atoms with E-state index < -0.39 is 0 Å². The van der Waals surface area contributed by atoms with E-state index in [2.05, 4.69) is 28.2 Å². The van der Waals surface area contributed by atoms with Crippen molar-refractivity contribution < 1.29 is 4.79 Å². The van der Waals surface area contributed by atoms with Gasteiger partial charge in [0, 0.05) is 11.0 Å². The van der Waals surface area contributed by atoms with Crippen LogP contribution in [0.3, 0.4) is 0 Å². The van der Waals surface area contributed by atoms with Gasteiger partial charge in [0.25, 0.3) is 5.91 Å². The molecule has 0 aliphatic carbocycles. The molecule has 0 aliphatic heterocycles. The van der Waals surface area contributed by atoms with Crippen molar-refractivity contribution in [3.05, 3.63) is 56.2 Å². The summed E-state index contributed by atoms with van der Waals surface area (Å²) in [6, 6.07) is 9.96. The fraction of sp³-hybridized carbons (Fsp3) is 0.214. The van der Waals surface area contributed by atoms with Gasteiger partial charge in [-0.3, -0.25) is 4.79 Å². The molecule has 0 saturated carbocycles. The van der Waals surface area contributed by atoms with E-state index in [-0.39, 0.29) is 5.91 Å². The van der Waals surface area contributed by atoms with Crippen molar-refractivity contribution in [2.24, 2.45) is 0 Å². The van der Waals surface area contributed by atoms with Gasteiger partial charge in [-0.05, 0) is 41.1 Å². The van der Waals surface area contributed by atoms with Crippen LogP contribution in [0.15, 0.2) is 40.2 Å². The van der Waals surface area contributed by atoms with Crippen molar-refractivity contribution in [3.8, 4) is 0 Å². The smallest absolute Gasteiger partial charge is 0.261 e. The first-order valence-corrected chi connectivity index (χ1v) is 7.47. The van der Waals surface area contributed by atoms with E-state index >= 15 is 0 Å². The topological polar surface area (TPSA) is 29.1 Å². The predicted octanol–water partition coefficient (Wildman–Crippen LogP) is 4.00. The molecule has 0 spiro atoms. The largest absolute Gasteiger partial charge is 0.347 e. The molecule has 18 heavy (non-hydrogen) atoms. The molecule has 1 aromatic heterocycles. The Balaban J connectivity index is 1.98. The van der Waals surface area contributed by atoms with Gasteiger partial charge in [0.15, 0.2) is 0 Å². The molecule has 94 valence electrons. The summed E-state index contributed by atoms with van der Waals surface area (Å²) in [5.41, 5.74) is 2.22. The zero-order chi connectivity index (χ0) is 13.0. The Kier molecular flexibility index (Phi) is 4.55. The van der Waals surface area contributed by atoms with Gasteiger partial charge in [-0.2, -0.15) is 0 Å². The van der Waals surface area contributed by atoms with Gasteiger partial charge < -0.3 is 5.32 Å². The number of benzene rings is 1. The maximum atomic E-state index is 12.0. The van der Waals surface area contributed by atoms with Crippen molar-refractivity contribution in [1.29, 1.82) is 0 Å². The highest BCUT2D eigenvalue weighted by atomic mass is 79.9. The van der Waals surface area contributed by atoms with Crippen molar-refractivity contribution in [3.63, 3.8) is 0 Å². The lowest BCUT2D eigenvalue weighted by Gasteiger charge is -2.05. The highest BCUT2D eigenvalue weighted by Gasteiger charge is 2.11. The second kappa shape index (κ2) is 6.16. The highest BCUT2D eigenvalue weighted by Crippen LogP contribution is 2.17. The zero-order valence-corrected chi connectivity index (χ0v) is 12.5. The number of hydrogen-bond acceptors (Lipinski definition) is 2. The molecule has 2 rings (SSSR count). The normalized spacial score (nSPS) is 10.3. The maximum absolute atomic E-state index is 12.0. The number of amides is 1. The summed E-state index contributed by atoms with van der Waals surface area (Å²) in [4.78, 5) is 12.8. The molecule has 0 radical (unpaired) electrons. The van der Waals surface area contributed by atoms with Crippen molar-refractivity contribution in [1.82, 2.24) is 5.32 Å². The molecule has 0 saturated heterocycles. The third-order valence-electron chi connectivity index (χ3n) is 2.70. The van der Waals surface area contributed by atoms with Crippen molar-refractivity contribution in [2.45, 2.75) is 19.9 Å². The van der Waals surface area contributed by atoms with E-state index in [1.165, 1.54) is 11.3 Å². The van der Waals surface area contributed by atoms with E-state index in [4.69, 9.17) is 0 Å². The summed E-state index contributed by atoms with van der Waals surface area (Å²) in [6.45, 7) is 2.63. The van der Waals surface area contributed by atoms with Crippen molar-refractivity contribution in [2.75, 3.05) is 0 Å².